The van der Waals surface area contributed by atoms with Gasteiger partial charge >= 0.3 is 0 Å². The van der Waals surface area contributed by atoms with Gasteiger partial charge in [-0.2, -0.15) is 0 Å². The molecule has 2 unspecified atom stereocenters. The summed E-state index contributed by atoms with van der Waals surface area (Å²) in [5.74, 6) is 0.439. The van der Waals surface area contributed by atoms with Crippen LogP contribution in [0.4, 0.5) is 5.69 Å². The van der Waals surface area contributed by atoms with Crippen LogP contribution in [0.15, 0.2) is 59.8 Å². The predicted octanol–water partition coefficient (Wildman–Crippen LogP) is 5.52. The number of carbonyl (C=O) groups is 1. The summed E-state index contributed by atoms with van der Waals surface area (Å²) in [4.78, 5) is 16.6. The van der Waals surface area contributed by atoms with Crippen LogP contribution in [-0.2, 0) is 26.6 Å². The van der Waals surface area contributed by atoms with Crippen molar-refractivity contribution in [2.75, 3.05) is 17.7 Å². The zero-order valence-electron chi connectivity index (χ0n) is 17.7. The number of halogens is 2. The van der Waals surface area contributed by atoms with Crippen LogP contribution in [0, 0.1) is 6.92 Å². The van der Waals surface area contributed by atoms with E-state index in [2.05, 4.69) is 10.3 Å². The van der Waals surface area contributed by atoms with Crippen molar-refractivity contribution < 1.29 is 14.3 Å². The van der Waals surface area contributed by atoms with Crippen LogP contribution in [0.2, 0.25) is 10.0 Å². The third-order valence-corrected chi connectivity index (χ3v) is 6.81. The van der Waals surface area contributed by atoms with Gasteiger partial charge in [0, 0.05) is 46.2 Å². The Kier molecular flexibility index (Phi) is 7.12. The van der Waals surface area contributed by atoms with E-state index >= 15 is 0 Å². The number of rotatable bonds is 7. The van der Waals surface area contributed by atoms with Crippen molar-refractivity contribution in [2.24, 2.45) is 0 Å². The summed E-state index contributed by atoms with van der Waals surface area (Å²) < 4.78 is 14.8. The van der Waals surface area contributed by atoms with Crippen LogP contribution in [0.5, 0.6) is 0 Å². The van der Waals surface area contributed by atoms with Crippen molar-refractivity contribution >= 4 is 46.6 Å². The monoisotopic (exact) mass is 491 g/mol. The second kappa shape index (κ2) is 9.85. The highest BCUT2D eigenvalue weighted by Gasteiger charge is 2.45. The molecule has 0 aliphatic carbocycles. The maximum atomic E-state index is 11.2. The fraction of sp³-hybridized carbons (Fsp3) is 0.304. The Morgan fingerprint density at radius 3 is 2.72 bits per heavy atom. The quantitative estimate of drug-likeness (QED) is 0.440. The number of carbonyl (C=O) groups excluding carboxylic acids is 1. The van der Waals surface area contributed by atoms with E-state index in [1.807, 2.05) is 48.0 Å². The molecule has 1 fully saturated rings. The van der Waals surface area contributed by atoms with Gasteiger partial charge in [-0.15, -0.1) is 11.8 Å². The molecule has 2 atom stereocenters. The Hall–Kier alpha value is -2.03. The van der Waals surface area contributed by atoms with Gasteiger partial charge in [0.05, 0.1) is 24.3 Å². The fourth-order valence-electron chi connectivity index (χ4n) is 3.58. The first-order valence-electron chi connectivity index (χ1n) is 10.1. The van der Waals surface area contributed by atoms with Crippen molar-refractivity contribution in [1.29, 1.82) is 0 Å². The van der Waals surface area contributed by atoms with Crippen LogP contribution >= 0.6 is 35.0 Å². The van der Waals surface area contributed by atoms with Gasteiger partial charge in [0.1, 0.15) is 5.82 Å². The SMILES string of the molecule is CC(=O)Nc1ccc(SCC2COC(Cn3ccnc3C)(c3ccc(Cl)cc3Cl)O2)cc1. The summed E-state index contributed by atoms with van der Waals surface area (Å²) in [6.45, 7) is 4.28. The van der Waals surface area contributed by atoms with Gasteiger partial charge in [-0.1, -0.05) is 29.3 Å². The molecule has 6 nitrogen and oxygen atoms in total. The molecule has 0 saturated carbocycles. The average molecular weight is 492 g/mol. The molecule has 168 valence electrons. The Balaban J connectivity index is 1.49. The molecule has 1 N–H and O–H groups in total. The maximum Gasteiger partial charge on any atom is 0.221 e. The molecule has 2 aromatic carbocycles. The normalized spacial score (nSPS) is 20.4. The van der Waals surface area contributed by atoms with E-state index in [9.17, 15) is 4.79 Å². The Labute approximate surface area is 201 Å². The van der Waals surface area contributed by atoms with Crippen LogP contribution in [0.25, 0.3) is 0 Å². The third-order valence-electron chi connectivity index (χ3n) is 5.11. The smallest absolute Gasteiger partial charge is 0.221 e. The van der Waals surface area contributed by atoms with Gasteiger partial charge in [0.2, 0.25) is 11.7 Å². The van der Waals surface area contributed by atoms with E-state index < -0.39 is 5.79 Å². The van der Waals surface area contributed by atoms with Crippen LogP contribution in [0.1, 0.15) is 18.3 Å². The number of nitrogens with one attached hydrogen (secondary N) is 1. The molecular weight excluding hydrogens is 469 g/mol. The lowest BCUT2D eigenvalue weighted by molar-refractivity contribution is -0.185. The van der Waals surface area contributed by atoms with Crippen molar-refractivity contribution in [3.8, 4) is 0 Å². The van der Waals surface area contributed by atoms with Gasteiger partial charge in [-0.3, -0.25) is 4.79 Å². The summed E-state index contributed by atoms with van der Waals surface area (Å²) in [5.41, 5.74) is 1.51. The summed E-state index contributed by atoms with van der Waals surface area (Å²) in [7, 11) is 0. The molecule has 32 heavy (non-hydrogen) atoms. The molecule has 3 aromatic rings. The molecule has 4 rings (SSSR count). The lowest BCUT2D eigenvalue weighted by Gasteiger charge is -2.30. The van der Waals surface area contributed by atoms with Crippen molar-refractivity contribution in [3.63, 3.8) is 0 Å². The number of aromatic nitrogens is 2. The first-order valence-corrected chi connectivity index (χ1v) is 11.8. The van der Waals surface area contributed by atoms with E-state index in [1.165, 1.54) is 6.92 Å². The number of thioether (sulfide) groups is 1. The summed E-state index contributed by atoms with van der Waals surface area (Å²) >= 11 is 14.3. The molecule has 0 spiro atoms. The van der Waals surface area contributed by atoms with Crippen LogP contribution in [-0.4, -0.2) is 33.9 Å². The Morgan fingerprint density at radius 2 is 2.06 bits per heavy atom. The van der Waals surface area contributed by atoms with E-state index in [0.717, 1.165) is 22.0 Å². The van der Waals surface area contributed by atoms with Gasteiger partial charge in [0.25, 0.3) is 0 Å². The number of ether oxygens (including phenoxy) is 2. The minimum Gasteiger partial charge on any atom is -0.342 e. The third kappa shape index (κ3) is 5.30. The molecule has 1 amide bonds. The lowest BCUT2D eigenvalue weighted by Crippen LogP contribution is -2.34. The van der Waals surface area contributed by atoms with Crippen molar-refractivity contribution in [3.05, 3.63) is 76.3 Å². The zero-order valence-corrected chi connectivity index (χ0v) is 20.0. The number of nitrogens with zero attached hydrogens (tertiary/aromatic N) is 2. The van der Waals surface area contributed by atoms with Gasteiger partial charge in [-0.25, -0.2) is 4.98 Å². The maximum absolute atomic E-state index is 11.2. The van der Waals surface area contributed by atoms with E-state index in [-0.39, 0.29) is 12.0 Å². The number of hydrogen-bond acceptors (Lipinski definition) is 5. The Morgan fingerprint density at radius 1 is 1.28 bits per heavy atom. The molecule has 1 aromatic heterocycles. The summed E-state index contributed by atoms with van der Waals surface area (Å²) in [6.07, 6.45) is 3.51. The highest BCUT2D eigenvalue weighted by atomic mass is 35.5. The molecule has 1 saturated heterocycles. The number of anilines is 1. The lowest BCUT2D eigenvalue weighted by atomic mass is 10.1. The standard InChI is InChI=1S/C23H23Cl2N3O3S/c1-15-26-9-10-28(15)14-23(21-8-3-17(24)11-22(21)25)30-12-19(31-23)13-32-20-6-4-18(5-7-20)27-16(2)29/h3-11,19H,12-14H2,1-2H3,(H,27,29). The highest BCUT2D eigenvalue weighted by molar-refractivity contribution is 7.99. The molecule has 1 aliphatic rings. The van der Waals surface area contributed by atoms with Crippen molar-refractivity contribution in [2.45, 2.75) is 37.2 Å². The number of imidazole rings is 1. The first-order chi connectivity index (χ1) is 15.3. The number of amides is 1. The van der Waals surface area contributed by atoms with Crippen LogP contribution in [0.3, 0.4) is 0 Å². The second-order valence-corrected chi connectivity index (χ2v) is 9.48. The van der Waals surface area contributed by atoms with Crippen molar-refractivity contribution in [1.82, 2.24) is 9.55 Å². The largest absolute Gasteiger partial charge is 0.342 e. The van der Waals surface area contributed by atoms with Gasteiger partial charge < -0.3 is 19.4 Å². The summed E-state index contributed by atoms with van der Waals surface area (Å²) in [5, 5.41) is 3.82. The van der Waals surface area contributed by atoms with E-state index in [4.69, 9.17) is 32.7 Å². The summed E-state index contributed by atoms with van der Waals surface area (Å²) in [6, 6.07) is 13.1. The number of hydrogen-bond donors (Lipinski definition) is 1. The Bertz CT molecular complexity index is 1110. The minimum absolute atomic E-state index is 0.0905. The highest BCUT2D eigenvalue weighted by Crippen LogP contribution is 2.41. The molecule has 1 aliphatic heterocycles. The average Bonchev–Trinajstić information content (AvgIpc) is 3.34. The molecule has 0 bridgehead atoms. The molecule has 9 heteroatoms. The topological polar surface area (TPSA) is 65.4 Å². The molecule has 2 heterocycles. The van der Waals surface area contributed by atoms with Crippen LogP contribution < -0.4 is 5.32 Å². The van der Waals surface area contributed by atoms with E-state index in [0.29, 0.717) is 28.9 Å². The van der Waals surface area contributed by atoms with Gasteiger partial charge in [0.15, 0.2) is 0 Å². The number of benzene rings is 2. The first kappa shape index (κ1) is 23.1. The fourth-order valence-corrected chi connectivity index (χ4v) is 5.00. The predicted molar refractivity (Wildman–Crippen MR) is 127 cm³/mol. The molecule has 0 radical (unpaired) electrons. The number of aryl methyl sites for hydroxylation is 1. The van der Waals surface area contributed by atoms with E-state index in [1.54, 1.807) is 30.1 Å². The van der Waals surface area contributed by atoms with Gasteiger partial charge in [-0.05, 0) is 43.3 Å². The second-order valence-electron chi connectivity index (χ2n) is 7.55. The minimum atomic E-state index is -1.03. The molecular formula is C23H23Cl2N3O3S. The zero-order chi connectivity index (χ0) is 22.7.